The highest BCUT2D eigenvalue weighted by Crippen LogP contribution is 2.42. The van der Waals surface area contributed by atoms with Crippen molar-refractivity contribution in [3.8, 4) is 32.8 Å². The van der Waals surface area contributed by atoms with Crippen LogP contribution in [-0.4, -0.2) is 11.2 Å². The second-order valence-corrected chi connectivity index (χ2v) is 14.9. The fourth-order valence-corrected chi connectivity index (χ4v) is 7.28. The van der Waals surface area contributed by atoms with E-state index in [1.807, 2.05) is 6.21 Å². The van der Waals surface area contributed by atoms with Crippen LogP contribution < -0.4 is 0 Å². The van der Waals surface area contributed by atoms with Gasteiger partial charge < -0.3 is 0 Å². The fraction of sp³-hybridized carbons (Fsp3) is 0.182. The van der Waals surface area contributed by atoms with Crippen LogP contribution in [-0.2, 0) is 11.8 Å². The molecule has 0 saturated heterocycles. The molecule has 0 spiro atoms. The maximum atomic E-state index is 5.31. The predicted molar refractivity (Wildman–Crippen MR) is 204 cm³/mol. The normalized spacial score (nSPS) is 12.1. The van der Waals surface area contributed by atoms with Crippen molar-refractivity contribution in [3.63, 3.8) is 0 Å². The van der Waals surface area contributed by atoms with Crippen LogP contribution in [0.2, 0.25) is 0 Å². The van der Waals surface area contributed by atoms with Crippen LogP contribution in [0.4, 0.5) is 5.69 Å². The van der Waals surface area contributed by atoms with Gasteiger partial charge in [-0.05, 0) is 80.6 Å². The van der Waals surface area contributed by atoms with Crippen molar-refractivity contribution in [1.29, 1.82) is 0 Å². The maximum Gasteiger partial charge on any atom is 0.126 e. The highest BCUT2D eigenvalue weighted by molar-refractivity contribution is 7.21. The van der Waals surface area contributed by atoms with Crippen LogP contribution >= 0.6 is 11.3 Å². The van der Waals surface area contributed by atoms with Gasteiger partial charge in [-0.2, -0.15) is 0 Å². The molecule has 47 heavy (non-hydrogen) atoms. The third kappa shape index (κ3) is 6.54. The number of nitrogens with zero attached hydrogens (tertiary/aromatic N) is 2. The van der Waals surface area contributed by atoms with E-state index in [-0.39, 0.29) is 5.41 Å². The molecule has 1 heterocycles. The number of thiazole rings is 1. The number of aromatic nitrogens is 1. The van der Waals surface area contributed by atoms with Gasteiger partial charge in [0.05, 0.1) is 15.9 Å². The second-order valence-electron chi connectivity index (χ2n) is 13.9. The number of aliphatic imine (C=N–C) groups is 1. The zero-order chi connectivity index (χ0) is 32.5. The van der Waals surface area contributed by atoms with Crippen molar-refractivity contribution >= 4 is 44.2 Å². The van der Waals surface area contributed by atoms with Crippen molar-refractivity contribution in [1.82, 2.24) is 4.98 Å². The number of para-hydroxylation sites is 1. The first-order valence-corrected chi connectivity index (χ1v) is 17.3. The third-order valence-electron chi connectivity index (χ3n) is 8.79. The van der Waals surface area contributed by atoms with Gasteiger partial charge in [-0.1, -0.05) is 138 Å². The minimum atomic E-state index is 0.00538. The number of hydrogen-bond donors (Lipinski definition) is 0. The van der Waals surface area contributed by atoms with Crippen molar-refractivity contribution in [2.24, 2.45) is 10.9 Å². The molecular formula is C44H40N2S. The van der Waals surface area contributed by atoms with Crippen LogP contribution in [0.3, 0.4) is 0 Å². The van der Waals surface area contributed by atoms with E-state index in [0.29, 0.717) is 5.92 Å². The standard InChI is InChI=1S/C44H40N2S/c1-29(2)25-30-17-19-31(20-18-30)32-21-23-34(24-22-32)39-26-36(44(3,4)5)27-41-42(39)46-43(47-41)38-15-8-9-16-40(38)45-28-35-13-10-12-33-11-6-7-14-37(33)35/h6-24,26-29H,25H2,1-5H3. The summed E-state index contributed by atoms with van der Waals surface area (Å²) < 4.78 is 1.19. The van der Waals surface area contributed by atoms with Crippen molar-refractivity contribution in [3.05, 3.63) is 144 Å². The van der Waals surface area contributed by atoms with Gasteiger partial charge in [0, 0.05) is 22.9 Å². The Balaban J connectivity index is 1.27. The number of fused-ring (bicyclic) bond motifs is 2. The Hall–Kier alpha value is -4.86. The lowest BCUT2D eigenvalue weighted by Gasteiger charge is -2.20. The Kier molecular flexibility index (Phi) is 8.34. The first kappa shape index (κ1) is 30.8. The summed E-state index contributed by atoms with van der Waals surface area (Å²) in [5, 5.41) is 3.39. The summed E-state index contributed by atoms with van der Waals surface area (Å²) in [4.78, 5) is 10.3. The van der Waals surface area contributed by atoms with Gasteiger partial charge in [0.2, 0.25) is 0 Å². The highest BCUT2D eigenvalue weighted by Gasteiger charge is 2.20. The smallest absolute Gasteiger partial charge is 0.126 e. The molecule has 0 unspecified atom stereocenters. The number of rotatable bonds is 7. The molecule has 0 aliphatic rings. The minimum Gasteiger partial charge on any atom is -0.256 e. The molecule has 1 aromatic heterocycles. The monoisotopic (exact) mass is 628 g/mol. The van der Waals surface area contributed by atoms with E-state index in [1.165, 1.54) is 48.9 Å². The molecule has 0 saturated carbocycles. The van der Waals surface area contributed by atoms with E-state index >= 15 is 0 Å². The summed E-state index contributed by atoms with van der Waals surface area (Å²) in [6, 6.07) is 45.8. The van der Waals surface area contributed by atoms with Gasteiger partial charge in [-0.3, -0.25) is 4.99 Å². The Bertz CT molecular complexity index is 2210. The number of benzene rings is 6. The van der Waals surface area contributed by atoms with Crippen LogP contribution in [0.15, 0.2) is 132 Å². The average molecular weight is 629 g/mol. The molecule has 0 aliphatic carbocycles. The predicted octanol–water partition coefficient (Wildman–Crippen LogP) is 12.7. The number of hydrogen-bond acceptors (Lipinski definition) is 3. The van der Waals surface area contributed by atoms with E-state index < -0.39 is 0 Å². The lowest BCUT2D eigenvalue weighted by atomic mass is 9.85. The van der Waals surface area contributed by atoms with Crippen LogP contribution in [0.1, 0.15) is 51.3 Å². The van der Waals surface area contributed by atoms with Crippen molar-refractivity contribution < 1.29 is 0 Å². The van der Waals surface area contributed by atoms with Gasteiger partial charge in [0.25, 0.3) is 0 Å². The summed E-state index contributed by atoms with van der Waals surface area (Å²) in [7, 11) is 0. The van der Waals surface area contributed by atoms with Crippen LogP contribution in [0.5, 0.6) is 0 Å². The lowest BCUT2D eigenvalue weighted by Crippen LogP contribution is -2.11. The lowest BCUT2D eigenvalue weighted by molar-refractivity contribution is 0.591. The van der Waals surface area contributed by atoms with Gasteiger partial charge >= 0.3 is 0 Å². The molecule has 0 N–H and O–H groups in total. The first-order chi connectivity index (χ1) is 22.7. The average Bonchev–Trinajstić information content (AvgIpc) is 3.51. The molecule has 3 heteroatoms. The topological polar surface area (TPSA) is 25.2 Å². The van der Waals surface area contributed by atoms with E-state index in [4.69, 9.17) is 9.98 Å². The van der Waals surface area contributed by atoms with Gasteiger partial charge in [-0.15, -0.1) is 11.3 Å². The molecule has 0 radical (unpaired) electrons. The van der Waals surface area contributed by atoms with Crippen LogP contribution in [0.25, 0.3) is 53.8 Å². The Morgan fingerprint density at radius 2 is 1.36 bits per heavy atom. The molecule has 0 atom stereocenters. The molecule has 7 aromatic rings. The largest absolute Gasteiger partial charge is 0.256 e. The quantitative estimate of drug-likeness (QED) is 0.161. The molecule has 0 amide bonds. The third-order valence-corrected chi connectivity index (χ3v) is 9.82. The molecule has 7 rings (SSSR count). The maximum absolute atomic E-state index is 5.31. The van der Waals surface area contributed by atoms with E-state index in [0.717, 1.165) is 33.8 Å². The minimum absolute atomic E-state index is 0.00538. The van der Waals surface area contributed by atoms with E-state index in [2.05, 4.69) is 162 Å². The summed E-state index contributed by atoms with van der Waals surface area (Å²) >= 11 is 1.75. The molecular weight excluding hydrogens is 589 g/mol. The Labute approximate surface area is 282 Å². The van der Waals surface area contributed by atoms with E-state index in [1.54, 1.807) is 11.3 Å². The summed E-state index contributed by atoms with van der Waals surface area (Å²) in [5.41, 5.74) is 11.6. The van der Waals surface area contributed by atoms with Gasteiger partial charge in [-0.25, -0.2) is 4.98 Å². The molecule has 232 valence electrons. The summed E-state index contributed by atoms with van der Waals surface area (Å²) in [6.07, 6.45) is 3.09. The van der Waals surface area contributed by atoms with Gasteiger partial charge in [0.15, 0.2) is 0 Å². The summed E-state index contributed by atoms with van der Waals surface area (Å²) in [5.74, 6) is 0.656. The second kappa shape index (κ2) is 12.7. The molecule has 0 fully saturated rings. The molecule has 6 aromatic carbocycles. The van der Waals surface area contributed by atoms with Crippen LogP contribution in [0, 0.1) is 5.92 Å². The first-order valence-electron chi connectivity index (χ1n) is 16.5. The van der Waals surface area contributed by atoms with Crippen molar-refractivity contribution in [2.75, 3.05) is 0 Å². The molecule has 0 bridgehead atoms. The summed E-state index contributed by atoms with van der Waals surface area (Å²) in [6.45, 7) is 11.4. The fourth-order valence-electron chi connectivity index (χ4n) is 6.21. The van der Waals surface area contributed by atoms with Gasteiger partial charge in [0.1, 0.15) is 5.01 Å². The van der Waals surface area contributed by atoms with Crippen molar-refractivity contribution in [2.45, 2.75) is 46.5 Å². The molecule has 0 aliphatic heterocycles. The highest BCUT2D eigenvalue weighted by atomic mass is 32.1. The van der Waals surface area contributed by atoms with E-state index in [9.17, 15) is 0 Å². The Morgan fingerprint density at radius 3 is 2.11 bits per heavy atom. The molecule has 2 nitrogen and oxygen atoms in total. The zero-order valence-electron chi connectivity index (χ0n) is 27.8. The Morgan fingerprint density at radius 1 is 0.702 bits per heavy atom. The SMILES string of the molecule is CC(C)Cc1ccc(-c2ccc(-c3cc(C(C)(C)C)cc4sc(-c5ccccc5N=Cc5cccc6ccccc56)nc34)cc2)cc1. The zero-order valence-corrected chi connectivity index (χ0v) is 28.6.